The van der Waals surface area contributed by atoms with E-state index in [9.17, 15) is 17.2 Å². The van der Waals surface area contributed by atoms with Crippen LogP contribution in [0, 0.1) is 5.92 Å². The first-order valence-electron chi connectivity index (χ1n) is 7.29. The smallest absolute Gasteiger partial charge is 0.341 e. The monoisotopic (exact) mass is 333 g/mol. The first-order valence-corrected chi connectivity index (χ1v) is 8.83. The number of sulfone groups is 1. The van der Waals surface area contributed by atoms with Crippen LogP contribution in [0.1, 0.15) is 20.3 Å². The fraction of sp³-hybridized carbons (Fsp3) is 0.600. The number of rotatable bonds is 5. The highest BCUT2D eigenvalue weighted by atomic mass is 32.2. The Balaban J connectivity index is 2.21. The summed E-state index contributed by atoms with van der Waals surface area (Å²) in [5.41, 5.74) is 0.835. The average molecular weight is 333 g/mol. The summed E-state index contributed by atoms with van der Waals surface area (Å²) in [5.74, 6) is -2.89. The van der Waals surface area contributed by atoms with Crippen LogP contribution in [-0.2, 0) is 14.6 Å². The Morgan fingerprint density at radius 3 is 2.45 bits per heavy atom. The number of benzene rings is 1. The van der Waals surface area contributed by atoms with Gasteiger partial charge >= 0.3 is 5.76 Å². The topological polar surface area (TPSA) is 46.6 Å². The maximum absolute atomic E-state index is 12.5. The molecule has 1 aliphatic heterocycles. The third-order valence-corrected chi connectivity index (χ3v) is 5.10. The molecule has 0 bridgehead atoms. The first-order chi connectivity index (χ1) is 10.3. The van der Waals surface area contributed by atoms with E-state index in [-0.39, 0.29) is 10.9 Å². The van der Waals surface area contributed by atoms with Crippen molar-refractivity contribution in [3.8, 4) is 0 Å². The summed E-state index contributed by atoms with van der Waals surface area (Å²) < 4.78 is 53.5. The number of morpholine rings is 1. The minimum absolute atomic E-state index is 0.214. The molecule has 1 heterocycles. The summed E-state index contributed by atoms with van der Waals surface area (Å²) in [6.45, 7) is 6.19. The van der Waals surface area contributed by atoms with E-state index < -0.39 is 15.6 Å². The van der Waals surface area contributed by atoms with Gasteiger partial charge in [-0.15, -0.1) is 0 Å². The third-order valence-electron chi connectivity index (χ3n) is 3.70. The number of hydrogen-bond acceptors (Lipinski definition) is 4. The molecule has 0 N–H and O–H groups in total. The van der Waals surface area contributed by atoms with Crippen molar-refractivity contribution < 1.29 is 21.9 Å². The summed E-state index contributed by atoms with van der Waals surface area (Å²) >= 11 is 0. The molecule has 0 amide bonds. The van der Waals surface area contributed by atoms with E-state index >= 15 is 0 Å². The Morgan fingerprint density at radius 2 is 1.91 bits per heavy atom. The minimum atomic E-state index is -4.53. The lowest BCUT2D eigenvalue weighted by Gasteiger charge is -2.38. The maximum atomic E-state index is 12.5. The van der Waals surface area contributed by atoms with Crippen molar-refractivity contribution in [1.82, 2.24) is 0 Å². The molecule has 1 saturated heterocycles. The molecular weight excluding hydrogens is 312 g/mol. The number of alkyl halides is 2. The van der Waals surface area contributed by atoms with Crippen LogP contribution in [0.2, 0.25) is 0 Å². The summed E-state index contributed by atoms with van der Waals surface area (Å²) in [4.78, 5) is 1.81. The van der Waals surface area contributed by atoms with E-state index in [1.54, 1.807) is 12.1 Å². The highest BCUT2D eigenvalue weighted by Gasteiger charge is 2.28. The third kappa shape index (κ3) is 3.76. The molecular formula is C15H21F2NO3S. The molecule has 124 valence electrons. The zero-order valence-electron chi connectivity index (χ0n) is 12.7. The Bertz CT molecular complexity index is 587. The molecule has 1 fully saturated rings. The fourth-order valence-electron chi connectivity index (χ4n) is 2.66. The zero-order valence-corrected chi connectivity index (χ0v) is 13.5. The van der Waals surface area contributed by atoms with E-state index in [0.717, 1.165) is 12.1 Å². The number of nitrogens with zero attached hydrogens (tertiary/aromatic N) is 1. The van der Waals surface area contributed by atoms with Gasteiger partial charge in [0.2, 0.25) is 9.84 Å². The number of hydrogen-bond donors (Lipinski definition) is 0. The molecule has 4 nitrogen and oxygen atoms in total. The Morgan fingerprint density at radius 1 is 1.27 bits per heavy atom. The SMILES string of the molecule is CC(C)CC1COCCN1c1ccc(S(=O)(=O)C(F)F)cc1. The highest BCUT2D eigenvalue weighted by Crippen LogP contribution is 2.26. The van der Waals surface area contributed by atoms with Crippen molar-refractivity contribution in [3.63, 3.8) is 0 Å². The van der Waals surface area contributed by atoms with Gasteiger partial charge in [-0.05, 0) is 36.6 Å². The van der Waals surface area contributed by atoms with E-state index in [1.807, 2.05) is 0 Å². The Hall–Kier alpha value is -1.21. The van der Waals surface area contributed by atoms with Crippen LogP contribution in [0.5, 0.6) is 0 Å². The summed E-state index contributed by atoms with van der Waals surface area (Å²) in [6, 6.07) is 5.89. The van der Waals surface area contributed by atoms with Crippen molar-refractivity contribution in [3.05, 3.63) is 24.3 Å². The van der Waals surface area contributed by atoms with E-state index in [0.29, 0.717) is 25.7 Å². The van der Waals surface area contributed by atoms with Gasteiger partial charge in [-0.25, -0.2) is 8.42 Å². The van der Waals surface area contributed by atoms with E-state index in [4.69, 9.17) is 4.74 Å². The van der Waals surface area contributed by atoms with Gasteiger partial charge in [0, 0.05) is 12.2 Å². The largest absolute Gasteiger partial charge is 0.377 e. The van der Waals surface area contributed by atoms with Crippen LogP contribution in [-0.4, -0.2) is 40.0 Å². The molecule has 1 atom stereocenters. The molecule has 1 aromatic carbocycles. The van der Waals surface area contributed by atoms with Gasteiger partial charge in [-0.1, -0.05) is 13.8 Å². The standard InChI is InChI=1S/C15H21F2NO3S/c1-11(2)9-13-10-21-8-7-18(13)12-3-5-14(6-4-12)22(19,20)15(16)17/h3-6,11,13,15H,7-10H2,1-2H3. The quantitative estimate of drug-likeness (QED) is 0.831. The second-order valence-electron chi connectivity index (χ2n) is 5.85. The molecule has 0 aliphatic carbocycles. The molecule has 0 radical (unpaired) electrons. The van der Waals surface area contributed by atoms with Gasteiger partial charge in [0.25, 0.3) is 0 Å². The normalized spacial score (nSPS) is 19.9. The fourth-order valence-corrected chi connectivity index (χ4v) is 3.39. The van der Waals surface area contributed by atoms with Crippen molar-refractivity contribution in [2.24, 2.45) is 5.92 Å². The van der Waals surface area contributed by atoms with Crippen LogP contribution in [0.4, 0.5) is 14.5 Å². The van der Waals surface area contributed by atoms with Gasteiger partial charge < -0.3 is 9.64 Å². The highest BCUT2D eigenvalue weighted by molar-refractivity contribution is 7.91. The number of anilines is 1. The van der Waals surface area contributed by atoms with E-state index in [2.05, 4.69) is 18.7 Å². The predicted octanol–water partition coefficient (Wildman–Crippen LogP) is 2.93. The van der Waals surface area contributed by atoms with Gasteiger partial charge in [0.05, 0.1) is 24.2 Å². The lowest BCUT2D eigenvalue weighted by atomic mass is 10.0. The van der Waals surface area contributed by atoms with Crippen molar-refractivity contribution in [2.45, 2.75) is 37.0 Å². The number of halogens is 2. The predicted molar refractivity (Wildman–Crippen MR) is 81.0 cm³/mol. The maximum Gasteiger partial charge on any atom is 0.341 e. The van der Waals surface area contributed by atoms with Crippen LogP contribution in [0.3, 0.4) is 0 Å². The van der Waals surface area contributed by atoms with Crippen LogP contribution < -0.4 is 4.90 Å². The number of ether oxygens (including phenoxy) is 1. The van der Waals surface area contributed by atoms with Gasteiger partial charge in [-0.3, -0.25) is 0 Å². The average Bonchev–Trinajstić information content (AvgIpc) is 2.47. The first kappa shape index (κ1) is 17.1. The Labute approximate surface area is 130 Å². The second kappa shape index (κ2) is 6.91. The van der Waals surface area contributed by atoms with Crippen LogP contribution >= 0.6 is 0 Å². The van der Waals surface area contributed by atoms with Crippen LogP contribution in [0.15, 0.2) is 29.2 Å². The van der Waals surface area contributed by atoms with Crippen LogP contribution in [0.25, 0.3) is 0 Å². The van der Waals surface area contributed by atoms with Gasteiger partial charge in [-0.2, -0.15) is 8.78 Å². The summed E-state index contributed by atoms with van der Waals surface area (Å²) in [7, 11) is -4.53. The molecule has 0 spiro atoms. The lowest BCUT2D eigenvalue weighted by Crippen LogP contribution is -2.46. The summed E-state index contributed by atoms with van der Waals surface area (Å²) in [6.07, 6.45) is 0.955. The second-order valence-corrected chi connectivity index (χ2v) is 7.77. The van der Waals surface area contributed by atoms with Crippen molar-refractivity contribution in [2.75, 3.05) is 24.7 Å². The lowest BCUT2D eigenvalue weighted by molar-refractivity contribution is 0.0878. The van der Waals surface area contributed by atoms with Crippen molar-refractivity contribution in [1.29, 1.82) is 0 Å². The molecule has 7 heteroatoms. The zero-order chi connectivity index (χ0) is 16.3. The van der Waals surface area contributed by atoms with Gasteiger partial charge in [0.1, 0.15) is 0 Å². The molecule has 1 unspecified atom stereocenters. The summed E-state index contributed by atoms with van der Waals surface area (Å²) in [5, 5.41) is 0. The molecule has 2 rings (SSSR count). The van der Waals surface area contributed by atoms with Gasteiger partial charge in [0.15, 0.2) is 0 Å². The minimum Gasteiger partial charge on any atom is -0.377 e. The van der Waals surface area contributed by atoms with E-state index in [1.165, 1.54) is 12.1 Å². The molecule has 0 aromatic heterocycles. The molecule has 22 heavy (non-hydrogen) atoms. The molecule has 0 saturated carbocycles. The van der Waals surface area contributed by atoms with Crippen molar-refractivity contribution >= 4 is 15.5 Å². The Kier molecular flexibility index (Phi) is 5.39. The molecule has 1 aromatic rings. The molecule has 1 aliphatic rings.